The summed E-state index contributed by atoms with van der Waals surface area (Å²) in [6.07, 6.45) is 3.60. The predicted octanol–water partition coefficient (Wildman–Crippen LogP) is 2.47. The van der Waals surface area contributed by atoms with Gasteiger partial charge in [0.25, 0.3) is 5.91 Å². The topological polar surface area (TPSA) is 84.5 Å². The normalized spacial score (nSPS) is 19.0. The molecule has 6 nitrogen and oxygen atoms in total. The number of nitrogens with one attached hydrogen (secondary N) is 2. The fraction of sp³-hybridized carbons (Fsp3) is 0.444. The van der Waals surface area contributed by atoms with Crippen molar-refractivity contribution >= 4 is 11.8 Å². The van der Waals surface area contributed by atoms with E-state index >= 15 is 0 Å². The van der Waals surface area contributed by atoms with E-state index < -0.39 is 0 Å². The Kier molecular flexibility index (Phi) is 5.03. The van der Waals surface area contributed by atoms with E-state index in [2.05, 4.69) is 17.6 Å². The van der Waals surface area contributed by atoms with Crippen molar-refractivity contribution in [1.82, 2.24) is 10.6 Å². The molecule has 1 saturated carbocycles. The van der Waals surface area contributed by atoms with Crippen molar-refractivity contribution in [2.45, 2.75) is 32.1 Å². The van der Waals surface area contributed by atoms with E-state index in [0.29, 0.717) is 37.8 Å². The van der Waals surface area contributed by atoms with Crippen molar-refractivity contribution < 1.29 is 18.4 Å². The fourth-order valence-electron chi connectivity index (χ4n) is 2.64. The molecule has 128 valence electrons. The smallest absolute Gasteiger partial charge is 0.287 e. The summed E-state index contributed by atoms with van der Waals surface area (Å²) in [5, 5.41) is 5.45. The summed E-state index contributed by atoms with van der Waals surface area (Å²) in [5.41, 5.74) is 0. The molecule has 3 rings (SSSR count). The molecule has 24 heavy (non-hydrogen) atoms. The molecule has 2 atom stereocenters. The average molecular weight is 330 g/mol. The number of hydrogen-bond acceptors (Lipinski definition) is 4. The van der Waals surface area contributed by atoms with Crippen LogP contribution >= 0.6 is 0 Å². The standard InChI is InChI=1S/C18H22N2O4/c1-12-11-14(12)15-6-4-13(24-15)5-7-17(21)19-8-9-20-18(22)16-3-2-10-23-16/h2-4,6,10,12,14H,5,7-9,11H2,1H3,(H,19,21)(H,20,22)/t12-,14-/m1/s1. The molecule has 2 heterocycles. The molecule has 2 N–H and O–H groups in total. The SMILES string of the molecule is C[C@@H]1C[C@H]1c1ccc(CCC(=O)NCCNC(=O)c2ccco2)o1. The maximum Gasteiger partial charge on any atom is 0.287 e. The summed E-state index contributed by atoms with van der Waals surface area (Å²) in [6.45, 7) is 2.95. The lowest BCUT2D eigenvalue weighted by molar-refractivity contribution is -0.121. The minimum Gasteiger partial charge on any atom is -0.466 e. The van der Waals surface area contributed by atoms with Crippen LogP contribution in [-0.2, 0) is 11.2 Å². The molecule has 0 saturated heterocycles. The maximum atomic E-state index is 11.8. The van der Waals surface area contributed by atoms with Crippen LogP contribution < -0.4 is 10.6 Å². The van der Waals surface area contributed by atoms with Gasteiger partial charge >= 0.3 is 0 Å². The first-order chi connectivity index (χ1) is 11.6. The van der Waals surface area contributed by atoms with Gasteiger partial charge in [-0.15, -0.1) is 0 Å². The van der Waals surface area contributed by atoms with Crippen molar-refractivity contribution in [3.63, 3.8) is 0 Å². The van der Waals surface area contributed by atoms with Gasteiger partial charge in [0.15, 0.2) is 5.76 Å². The Morgan fingerprint density at radius 2 is 2.00 bits per heavy atom. The van der Waals surface area contributed by atoms with E-state index in [9.17, 15) is 9.59 Å². The molecule has 6 heteroatoms. The molecule has 2 aromatic heterocycles. The zero-order valence-electron chi connectivity index (χ0n) is 13.7. The highest BCUT2D eigenvalue weighted by Crippen LogP contribution is 2.47. The largest absolute Gasteiger partial charge is 0.466 e. The van der Waals surface area contributed by atoms with Crippen LogP contribution in [0, 0.1) is 5.92 Å². The van der Waals surface area contributed by atoms with Crippen molar-refractivity contribution in [2.24, 2.45) is 5.92 Å². The zero-order valence-corrected chi connectivity index (χ0v) is 13.7. The molecule has 0 radical (unpaired) electrons. The number of carbonyl (C=O) groups is 2. The van der Waals surface area contributed by atoms with Crippen LogP contribution in [0.25, 0.3) is 0 Å². The van der Waals surface area contributed by atoms with E-state index in [0.717, 1.165) is 11.5 Å². The molecule has 0 aliphatic heterocycles. The second kappa shape index (κ2) is 7.38. The lowest BCUT2D eigenvalue weighted by Crippen LogP contribution is -2.34. The van der Waals surface area contributed by atoms with E-state index in [1.54, 1.807) is 12.1 Å². The Morgan fingerprint density at radius 3 is 2.71 bits per heavy atom. The monoisotopic (exact) mass is 330 g/mol. The Hall–Kier alpha value is -2.50. The summed E-state index contributed by atoms with van der Waals surface area (Å²) < 4.78 is 10.8. The van der Waals surface area contributed by atoms with Gasteiger partial charge in [0.2, 0.25) is 5.91 Å². The van der Waals surface area contributed by atoms with Crippen molar-refractivity contribution in [1.29, 1.82) is 0 Å². The lowest BCUT2D eigenvalue weighted by Gasteiger charge is -2.05. The van der Waals surface area contributed by atoms with Gasteiger partial charge in [0.1, 0.15) is 11.5 Å². The minimum absolute atomic E-state index is 0.0556. The highest BCUT2D eigenvalue weighted by Gasteiger charge is 2.36. The van der Waals surface area contributed by atoms with Gasteiger partial charge in [-0.2, -0.15) is 0 Å². The van der Waals surface area contributed by atoms with Crippen LogP contribution in [0.2, 0.25) is 0 Å². The van der Waals surface area contributed by atoms with Gasteiger partial charge in [-0.1, -0.05) is 6.92 Å². The van der Waals surface area contributed by atoms with E-state index in [4.69, 9.17) is 8.83 Å². The summed E-state index contributed by atoms with van der Waals surface area (Å²) >= 11 is 0. The molecule has 1 aliphatic rings. The van der Waals surface area contributed by atoms with Gasteiger partial charge in [-0.3, -0.25) is 9.59 Å². The third-order valence-corrected chi connectivity index (χ3v) is 4.23. The molecular weight excluding hydrogens is 308 g/mol. The van der Waals surface area contributed by atoms with Crippen LogP contribution in [0.15, 0.2) is 39.4 Å². The summed E-state index contributed by atoms with van der Waals surface area (Å²) in [7, 11) is 0. The second-order valence-corrected chi connectivity index (χ2v) is 6.21. The van der Waals surface area contributed by atoms with E-state index in [-0.39, 0.29) is 17.6 Å². The molecule has 2 aromatic rings. The van der Waals surface area contributed by atoms with Crippen molar-refractivity contribution in [2.75, 3.05) is 13.1 Å². The number of hydrogen-bond donors (Lipinski definition) is 2. The molecule has 1 aliphatic carbocycles. The number of carbonyl (C=O) groups excluding carboxylic acids is 2. The number of rotatable bonds is 8. The molecule has 2 amide bonds. The summed E-state index contributed by atoms with van der Waals surface area (Å²) in [4.78, 5) is 23.4. The van der Waals surface area contributed by atoms with Gasteiger partial charge in [0, 0.05) is 31.8 Å². The first-order valence-electron chi connectivity index (χ1n) is 8.30. The lowest BCUT2D eigenvalue weighted by atomic mass is 10.2. The third kappa shape index (κ3) is 4.28. The zero-order chi connectivity index (χ0) is 16.9. The Morgan fingerprint density at radius 1 is 1.21 bits per heavy atom. The molecular formula is C18H22N2O4. The maximum absolute atomic E-state index is 11.8. The highest BCUT2D eigenvalue weighted by molar-refractivity contribution is 5.91. The Balaban J connectivity index is 1.30. The summed E-state index contributed by atoms with van der Waals surface area (Å²) in [6, 6.07) is 7.22. The van der Waals surface area contributed by atoms with Gasteiger partial charge in [-0.05, 0) is 36.6 Å². The minimum atomic E-state index is -0.285. The number of furan rings is 2. The quantitative estimate of drug-likeness (QED) is 0.728. The molecule has 0 unspecified atom stereocenters. The molecule has 0 spiro atoms. The molecule has 0 bridgehead atoms. The van der Waals surface area contributed by atoms with Crippen LogP contribution in [-0.4, -0.2) is 24.9 Å². The van der Waals surface area contributed by atoms with Crippen LogP contribution in [0.4, 0.5) is 0 Å². The third-order valence-electron chi connectivity index (χ3n) is 4.23. The van der Waals surface area contributed by atoms with Crippen LogP contribution in [0.3, 0.4) is 0 Å². The number of amides is 2. The summed E-state index contributed by atoms with van der Waals surface area (Å²) in [5.74, 6) is 3.09. The van der Waals surface area contributed by atoms with Gasteiger partial charge < -0.3 is 19.5 Å². The van der Waals surface area contributed by atoms with Crippen LogP contribution in [0.5, 0.6) is 0 Å². The predicted molar refractivity (Wildman–Crippen MR) is 87.6 cm³/mol. The van der Waals surface area contributed by atoms with Gasteiger partial charge in [0.05, 0.1) is 6.26 Å². The molecule has 1 fully saturated rings. The van der Waals surface area contributed by atoms with Crippen LogP contribution in [0.1, 0.15) is 47.8 Å². The highest BCUT2D eigenvalue weighted by atomic mass is 16.3. The average Bonchev–Trinajstić information content (AvgIpc) is 3.03. The van der Waals surface area contributed by atoms with Crippen molar-refractivity contribution in [3.05, 3.63) is 47.8 Å². The van der Waals surface area contributed by atoms with E-state index in [1.807, 2.05) is 12.1 Å². The van der Waals surface area contributed by atoms with E-state index in [1.165, 1.54) is 12.7 Å². The number of aryl methyl sites for hydroxylation is 1. The first kappa shape index (κ1) is 16.4. The first-order valence-corrected chi connectivity index (χ1v) is 8.30. The second-order valence-electron chi connectivity index (χ2n) is 6.21. The fourth-order valence-corrected chi connectivity index (χ4v) is 2.64. The van der Waals surface area contributed by atoms with Gasteiger partial charge in [-0.25, -0.2) is 0 Å². The Bertz CT molecular complexity index is 690. The molecule has 0 aromatic carbocycles. The Labute approximate surface area is 140 Å². The van der Waals surface area contributed by atoms with Crippen molar-refractivity contribution in [3.8, 4) is 0 Å².